The highest BCUT2D eigenvalue weighted by molar-refractivity contribution is 7.55. The van der Waals surface area contributed by atoms with Gasteiger partial charge >= 0.3 is 0 Å². The molecule has 0 amide bonds. The summed E-state index contributed by atoms with van der Waals surface area (Å²) >= 11 is 0. The highest BCUT2D eigenvalue weighted by Crippen LogP contribution is 2.24. The molecule has 0 aromatic heterocycles. The summed E-state index contributed by atoms with van der Waals surface area (Å²) in [6.45, 7) is 1.88. The van der Waals surface area contributed by atoms with Crippen LogP contribution in [0.2, 0.25) is 0 Å². The molecule has 4 heteroatoms. The van der Waals surface area contributed by atoms with Crippen molar-refractivity contribution in [2.24, 2.45) is 0 Å². The summed E-state index contributed by atoms with van der Waals surface area (Å²) in [4.78, 5) is 0. The molecule has 1 unspecified atom stereocenters. The first kappa shape index (κ1) is 13.8. The van der Waals surface area contributed by atoms with Crippen molar-refractivity contribution >= 4 is 19.2 Å². The number of halogens is 1. The molecule has 0 N–H and O–H groups in total. The number of hydrogen-bond acceptors (Lipinski definition) is 2. The van der Waals surface area contributed by atoms with Gasteiger partial charge in [-0.05, 0) is 36.8 Å². The Kier molecular flexibility index (Phi) is 4.39. The third-order valence-electron chi connectivity index (χ3n) is 2.80. The molecule has 0 saturated heterocycles. The van der Waals surface area contributed by atoms with Crippen molar-refractivity contribution in [2.75, 3.05) is 14.2 Å². The maximum absolute atomic E-state index is 13.9. The molecule has 2 aromatic carbocycles. The summed E-state index contributed by atoms with van der Waals surface area (Å²) in [5.41, 5.74) is 0.920. The van der Waals surface area contributed by atoms with E-state index in [1.165, 1.54) is 0 Å². The molecule has 0 aliphatic heterocycles. The van der Waals surface area contributed by atoms with Crippen molar-refractivity contribution in [3.63, 3.8) is 0 Å². The van der Waals surface area contributed by atoms with Crippen LogP contribution in [0.25, 0.3) is 0 Å². The normalized spacial score (nSPS) is 10.9. The van der Waals surface area contributed by atoms with Gasteiger partial charge in [0.05, 0.1) is 14.2 Å². The van der Waals surface area contributed by atoms with Gasteiger partial charge in [0, 0.05) is 10.6 Å². The van der Waals surface area contributed by atoms with Crippen molar-refractivity contribution in [1.29, 1.82) is 0 Å². The van der Waals surface area contributed by atoms with E-state index in [0.29, 0.717) is 5.30 Å². The zero-order valence-corrected chi connectivity index (χ0v) is 12.2. The predicted molar refractivity (Wildman–Crippen MR) is 78.3 cm³/mol. The molecule has 0 aliphatic rings. The second-order valence-electron chi connectivity index (χ2n) is 4.17. The van der Waals surface area contributed by atoms with Crippen LogP contribution in [0.4, 0.5) is 4.39 Å². The topological polar surface area (TPSA) is 18.5 Å². The van der Waals surface area contributed by atoms with E-state index in [1.54, 1.807) is 20.3 Å². The largest absolute Gasteiger partial charge is 0.497 e. The van der Waals surface area contributed by atoms with Gasteiger partial charge in [-0.3, -0.25) is 0 Å². The van der Waals surface area contributed by atoms with Crippen LogP contribution in [0.5, 0.6) is 11.5 Å². The first-order valence-electron chi connectivity index (χ1n) is 5.89. The maximum atomic E-state index is 13.9. The van der Waals surface area contributed by atoms with Gasteiger partial charge < -0.3 is 9.47 Å². The lowest BCUT2D eigenvalue weighted by Gasteiger charge is -2.11. The molecule has 0 saturated carbocycles. The Bertz CT molecular complexity index is 584. The van der Waals surface area contributed by atoms with Gasteiger partial charge in [0.1, 0.15) is 17.3 Å². The lowest BCUT2D eigenvalue weighted by molar-refractivity contribution is 0.406. The number of methoxy groups -OCH3 is 2. The van der Waals surface area contributed by atoms with Crippen molar-refractivity contribution in [2.45, 2.75) is 6.92 Å². The summed E-state index contributed by atoms with van der Waals surface area (Å²) in [5, 5.41) is 1.61. The minimum Gasteiger partial charge on any atom is -0.497 e. The van der Waals surface area contributed by atoms with Gasteiger partial charge in [-0.1, -0.05) is 20.7 Å². The van der Waals surface area contributed by atoms with Gasteiger partial charge in [-0.15, -0.1) is 0 Å². The number of ether oxygens (including phenoxy) is 2. The molecule has 0 aliphatic carbocycles. The van der Waals surface area contributed by atoms with Crippen molar-refractivity contribution in [3.8, 4) is 11.5 Å². The van der Waals surface area contributed by atoms with E-state index in [2.05, 4.69) is 0 Å². The van der Waals surface area contributed by atoms with Gasteiger partial charge in [0.2, 0.25) is 0 Å². The van der Waals surface area contributed by atoms with Crippen molar-refractivity contribution in [3.05, 3.63) is 47.8 Å². The smallest absolute Gasteiger partial charge is 0.131 e. The maximum Gasteiger partial charge on any atom is 0.131 e. The second kappa shape index (κ2) is 6.03. The number of benzene rings is 2. The van der Waals surface area contributed by atoms with E-state index < -0.39 is 0 Å². The van der Waals surface area contributed by atoms with Crippen LogP contribution in [-0.2, 0) is 0 Å². The Labute approximate surface area is 114 Å². The lowest BCUT2D eigenvalue weighted by atomic mass is 10.2. The zero-order valence-electron chi connectivity index (χ0n) is 11.2. The molecular formula is C15H16FO2P. The van der Waals surface area contributed by atoms with E-state index in [0.717, 1.165) is 22.4 Å². The third kappa shape index (κ3) is 3.24. The second-order valence-corrected chi connectivity index (χ2v) is 5.50. The van der Waals surface area contributed by atoms with Gasteiger partial charge in [0.25, 0.3) is 0 Å². The third-order valence-corrected chi connectivity index (χ3v) is 4.14. The van der Waals surface area contributed by atoms with E-state index in [1.807, 2.05) is 37.3 Å². The molecule has 0 heterocycles. The molecular weight excluding hydrogens is 262 g/mol. The van der Waals surface area contributed by atoms with Crippen LogP contribution in [0.1, 0.15) is 5.56 Å². The van der Waals surface area contributed by atoms with E-state index in [9.17, 15) is 4.39 Å². The fourth-order valence-corrected chi connectivity index (χ4v) is 2.95. The molecule has 100 valence electrons. The summed E-state index contributed by atoms with van der Waals surface area (Å²) < 4.78 is 24.4. The fourth-order valence-electron chi connectivity index (χ4n) is 1.78. The van der Waals surface area contributed by atoms with Crippen LogP contribution in [0.15, 0.2) is 36.4 Å². The Morgan fingerprint density at radius 2 is 1.74 bits per heavy atom. The van der Waals surface area contributed by atoms with Crippen LogP contribution in [0.3, 0.4) is 0 Å². The summed E-state index contributed by atoms with van der Waals surface area (Å²) in [5.74, 6) is 1.32. The molecule has 2 nitrogen and oxygen atoms in total. The highest BCUT2D eigenvalue weighted by Gasteiger charge is 2.09. The molecule has 1 atom stereocenters. The zero-order chi connectivity index (χ0) is 13.8. The minimum absolute atomic E-state index is 0.178. The molecule has 0 radical (unpaired) electrons. The van der Waals surface area contributed by atoms with Crippen LogP contribution < -0.4 is 20.1 Å². The quantitative estimate of drug-likeness (QED) is 0.801. The molecule has 19 heavy (non-hydrogen) atoms. The Morgan fingerprint density at radius 1 is 0.947 bits per heavy atom. The van der Waals surface area contributed by atoms with E-state index in [4.69, 9.17) is 9.47 Å². The van der Waals surface area contributed by atoms with E-state index >= 15 is 0 Å². The Morgan fingerprint density at radius 3 is 2.37 bits per heavy atom. The lowest BCUT2D eigenvalue weighted by Crippen LogP contribution is -2.10. The van der Waals surface area contributed by atoms with Crippen LogP contribution >= 0.6 is 8.58 Å². The Balaban J connectivity index is 2.36. The SMILES string of the molecule is COc1ccc(OC)c(Pc2ccc(C)cc2F)c1. The number of rotatable bonds is 4. The fraction of sp³-hybridized carbons (Fsp3) is 0.200. The molecule has 0 fully saturated rings. The Hall–Kier alpha value is -1.60. The van der Waals surface area contributed by atoms with Gasteiger partial charge in [-0.2, -0.15) is 0 Å². The minimum atomic E-state index is -0.178. The van der Waals surface area contributed by atoms with Gasteiger partial charge in [0.15, 0.2) is 0 Å². The van der Waals surface area contributed by atoms with Crippen LogP contribution in [-0.4, -0.2) is 14.2 Å². The van der Waals surface area contributed by atoms with Crippen molar-refractivity contribution < 1.29 is 13.9 Å². The standard InChI is InChI=1S/C15H16FO2P/c1-10-4-7-14(12(16)8-10)19-15-9-11(17-2)5-6-13(15)18-3/h4-9,19H,1-3H3. The highest BCUT2D eigenvalue weighted by atomic mass is 31.1. The molecule has 0 spiro atoms. The average Bonchev–Trinajstić information content (AvgIpc) is 2.41. The first-order valence-corrected chi connectivity index (χ1v) is 6.89. The number of hydrogen-bond donors (Lipinski definition) is 0. The monoisotopic (exact) mass is 278 g/mol. The summed E-state index contributed by atoms with van der Waals surface area (Å²) in [7, 11) is 3.42. The predicted octanol–water partition coefficient (Wildman–Crippen LogP) is 2.78. The van der Waals surface area contributed by atoms with Crippen molar-refractivity contribution in [1.82, 2.24) is 0 Å². The molecule has 0 bridgehead atoms. The average molecular weight is 278 g/mol. The molecule has 2 rings (SSSR count). The summed E-state index contributed by atoms with van der Waals surface area (Å²) in [6.07, 6.45) is 0. The van der Waals surface area contributed by atoms with Crippen LogP contribution in [0, 0.1) is 12.7 Å². The first-order chi connectivity index (χ1) is 9.13. The number of aryl methyl sites for hydroxylation is 1. The molecule has 2 aromatic rings. The van der Waals surface area contributed by atoms with E-state index in [-0.39, 0.29) is 14.4 Å². The van der Waals surface area contributed by atoms with Gasteiger partial charge in [-0.25, -0.2) is 4.39 Å². The summed E-state index contributed by atoms with van der Waals surface area (Å²) in [6, 6.07) is 10.8.